The van der Waals surface area contributed by atoms with Crippen LogP contribution in [0, 0.1) is 0 Å². The first kappa shape index (κ1) is 12.2. The summed E-state index contributed by atoms with van der Waals surface area (Å²) in [5.74, 6) is 0. The first-order chi connectivity index (χ1) is 4.77. The Hall–Kier alpha value is 1.25. The van der Waals surface area contributed by atoms with E-state index in [4.69, 9.17) is 0 Å². The standard InChI is InChI=1S/C9H17Br.Mg/c1-2-6-9(10)7-4-3-5-8-9;/h2-8H2,1H3;/q;+2. The Labute approximate surface area is 94.8 Å². The van der Waals surface area contributed by atoms with E-state index < -0.39 is 0 Å². The fourth-order valence-electron chi connectivity index (χ4n) is 1.88. The SMILES string of the molecule is CCCC1(Br)CCCCC1.[Mg+2]. The summed E-state index contributed by atoms with van der Waals surface area (Å²) >= 11 is 3.86. The summed E-state index contributed by atoms with van der Waals surface area (Å²) in [5, 5.41) is 0. The minimum absolute atomic E-state index is 0. The maximum absolute atomic E-state index is 3.86. The summed E-state index contributed by atoms with van der Waals surface area (Å²) < 4.78 is 0.542. The molecule has 1 fully saturated rings. The molecule has 0 nitrogen and oxygen atoms in total. The van der Waals surface area contributed by atoms with Crippen molar-refractivity contribution in [1.29, 1.82) is 0 Å². The first-order valence-electron chi connectivity index (χ1n) is 4.46. The molecule has 11 heavy (non-hydrogen) atoms. The number of alkyl halides is 1. The summed E-state index contributed by atoms with van der Waals surface area (Å²) in [5.41, 5.74) is 0. The molecule has 0 radical (unpaired) electrons. The Morgan fingerprint density at radius 1 is 1.18 bits per heavy atom. The molecule has 0 aromatic carbocycles. The third-order valence-electron chi connectivity index (χ3n) is 2.45. The molecule has 0 N–H and O–H groups in total. The van der Waals surface area contributed by atoms with E-state index in [1.807, 2.05) is 0 Å². The molecule has 0 aromatic heterocycles. The Morgan fingerprint density at radius 2 is 1.73 bits per heavy atom. The van der Waals surface area contributed by atoms with Gasteiger partial charge in [-0.2, -0.15) is 0 Å². The van der Waals surface area contributed by atoms with Crippen molar-refractivity contribution in [1.82, 2.24) is 0 Å². The zero-order chi connectivity index (χ0) is 7.45. The van der Waals surface area contributed by atoms with Gasteiger partial charge in [0.25, 0.3) is 0 Å². The summed E-state index contributed by atoms with van der Waals surface area (Å²) in [6.07, 6.45) is 9.83. The van der Waals surface area contributed by atoms with E-state index >= 15 is 0 Å². The molecule has 0 unspecified atom stereocenters. The van der Waals surface area contributed by atoms with E-state index in [0.717, 1.165) is 0 Å². The van der Waals surface area contributed by atoms with Gasteiger partial charge in [0.05, 0.1) is 0 Å². The van der Waals surface area contributed by atoms with Crippen molar-refractivity contribution in [2.24, 2.45) is 0 Å². The zero-order valence-corrected chi connectivity index (χ0v) is 10.5. The van der Waals surface area contributed by atoms with Crippen molar-refractivity contribution >= 4 is 39.0 Å². The monoisotopic (exact) mass is 228 g/mol. The average molecular weight is 229 g/mol. The quantitative estimate of drug-likeness (QED) is 0.502. The molecule has 0 saturated heterocycles. The van der Waals surface area contributed by atoms with E-state index in [1.54, 1.807) is 0 Å². The molecule has 0 heterocycles. The second-order valence-corrected chi connectivity index (χ2v) is 5.14. The van der Waals surface area contributed by atoms with Gasteiger partial charge in [0.1, 0.15) is 0 Å². The van der Waals surface area contributed by atoms with E-state index in [9.17, 15) is 0 Å². The predicted molar refractivity (Wildman–Crippen MR) is 55.4 cm³/mol. The number of halogens is 1. The van der Waals surface area contributed by atoms with E-state index in [2.05, 4.69) is 22.9 Å². The van der Waals surface area contributed by atoms with Crippen LogP contribution in [0.5, 0.6) is 0 Å². The predicted octanol–water partition coefficient (Wildman–Crippen LogP) is 3.50. The smallest absolute Gasteiger partial charge is 0.0853 e. The van der Waals surface area contributed by atoms with Crippen LogP contribution in [0.15, 0.2) is 0 Å². The number of hydrogen-bond acceptors (Lipinski definition) is 0. The summed E-state index contributed by atoms with van der Waals surface area (Å²) in [4.78, 5) is 0. The van der Waals surface area contributed by atoms with Crippen LogP contribution in [0.2, 0.25) is 0 Å². The van der Waals surface area contributed by atoms with Crippen LogP contribution < -0.4 is 0 Å². The molecule has 1 rings (SSSR count). The van der Waals surface area contributed by atoms with E-state index in [0.29, 0.717) is 4.32 Å². The normalized spacial score (nSPS) is 22.4. The van der Waals surface area contributed by atoms with Gasteiger partial charge < -0.3 is 0 Å². The van der Waals surface area contributed by atoms with Gasteiger partial charge in [-0.05, 0) is 19.3 Å². The molecule has 0 aromatic rings. The van der Waals surface area contributed by atoms with Crippen molar-refractivity contribution < 1.29 is 0 Å². The summed E-state index contributed by atoms with van der Waals surface area (Å²) in [6, 6.07) is 0. The molecule has 0 bridgehead atoms. The maximum Gasteiger partial charge on any atom is 2.00 e. The van der Waals surface area contributed by atoms with Gasteiger partial charge in [0, 0.05) is 4.32 Å². The average Bonchev–Trinajstić information content (AvgIpc) is 1.89. The largest absolute Gasteiger partial charge is 2.00 e. The summed E-state index contributed by atoms with van der Waals surface area (Å²) in [6.45, 7) is 2.28. The number of hydrogen-bond donors (Lipinski definition) is 0. The molecule has 0 amide bonds. The van der Waals surface area contributed by atoms with Crippen LogP contribution >= 0.6 is 15.9 Å². The second-order valence-electron chi connectivity index (χ2n) is 3.46. The van der Waals surface area contributed by atoms with Crippen LogP contribution in [0.25, 0.3) is 0 Å². The molecule has 0 spiro atoms. The van der Waals surface area contributed by atoms with Crippen LogP contribution in [-0.4, -0.2) is 27.4 Å². The minimum Gasteiger partial charge on any atom is -0.0853 e. The van der Waals surface area contributed by atoms with Gasteiger partial charge in [-0.1, -0.05) is 48.5 Å². The van der Waals surface area contributed by atoms with E-state index in [1.165, 1.54) is 44.9 Å². The van der Waals surface area contributed by atoms with Crippen LogP contribution in [0.4, 0.5) is 0 Å². The van der Waals surface area contributed by atoms with Crippen molar-refractivity contribution in [2.75, 3.05) is 0 Å². The second kappa shape index (κ2) is 5.82. The van der Waals surface area contributed by atoms with Crippen LogP contribution in [0.3, 0.4) is 0 Å². The molecule has 2 heteroatoms. The minimum atomic E-state index is 0. The first-order valence-corrected chi connectivity index (χ1v) is 5.25. The topological polar surface area (TPSA) is 0 Å². The van der Waals surface area contributed by atoms with Gasteiger partial charge in [-0.3, -0.25) is 0 Å². The fourth-order valence-corrected chi connectivity index (χ4v) is 2.84. The molecule has 60 valence electrons. The fraction of sp³-hybridized carbons (Fsp3) is 1.00. The Bertz CT molecular complexity index is 92.2. The Morgan fingerprint density at radius 3 is 2.18 bits per heavy atom. The van der Waals surface area contributed by atoms with Crippen molar-refractivity contribution in [2.45, 2.75) is 56.2 Å². The maximum atomic E-state index is 3.86. The van der Waals surface area contributed by atoms with E-state index in [-0.39, 0.29) is 23.1 Å². The van der Waals surface area contributed by atoms with Gasteiger partial charge in [0.2, 0.25) is 0 Å². The van der Waals surface area contributed by atoms with Gasteiger partial charge >= 0.3 is 23.1 Å². The van der Waals surface area contributed by atoms with Crippen LogP contribution in [-0.2, 0) is 0 Å². The van der Waals surface area contributed by atoms with Crippen LogP contribution in [0.1, 0.15) is 51.9 Å². The zero-order valence-electron chi connectivity index (χ0n) is 7.53. The Balaban J connectivity index is 0.000001000. The molecule has 0 aliphatic heterocycles. The number of rotatable bonds is 2. The molecule has 0 atom stereocenters. The van der Waals surface area contributed by atoms with Crippen molar-refractivity contribution in [3.05, 3.63) is 0 Å². The third-order valence-corrected chi connectivity index (χ3v) is 3.64. The van der Waals surface area contributed by atoms with Crippen molar-refractivity contribution in [3.8, 4) is 0 Å². The van der Waals surface area contributed by atoms with Gasteiger partial charge in [-0.15, -0.1) is 0 Å². The molecule has 1 saturated carbocycles. The van der Waals surface area contributed by atoms with Gasteiger partial charge in [0.15, 0.2) is 0 Å². The van der Waals surface area contributed by atoms with Gasteiger partial charge in [-0.25, -0.2) is 0 Å². The molecule has 1 aliphatic rings. The molecule has 1 aliphatic carbocycles. The molecular formula is C9H17BrMg+2. The third kappa shape index (κ3) is 4.14. The summed E-state index contributed by atoms with van der Waals surface area (Å²) in [7, 11) is 0. The molecular weight excluding hydrogens is 212 g/mol. The Kier molecular flexibility index (Phi) is 6.48. The van der Waals surface area contributed by atoms with Crippen molar-refractivity contribution in [3.63, 3.8) is 0 Å².